The van der Waals surface area contributed by atoms with Gasteiger partial charge in [-0.15, -0.1) is 0 Å². The second kappa shape index (κ2) is 8.31. The first-order valence-electron chi connectivity index (χ1n) is 11.2. The zero-order valence-corrected chi connectivity index (χ0v) is 18.5. The predicted molar refractivity (Wildman–Crippen MR) is 119 cm³/mol. The van der Waals surface area contributed by atoms with Crippen LogP contribution in [0.25, 0.3) is 0 Å². The van der Waals surface area contributed by atoms with Gasteiger partial charge in [0.05, 0.1) is 31.0 Å². The number of fused-ring (bicyclic) bond motifs is 2. The summed E-state index contributed by atoms with van der Waals surface area (Å²) in [7, 11) is 4.30. The fourth-order valence-electron chi connectivity index (χ4n) is 5.16. The van der Waals surface area contributed by atoms with Gasteiger partial charge in [-0.25, -0.2) is 4.98 Å². The molecule has 3 aliphatic rings. The number of piperidine rings is 1. The average Bonchev–Trinajstić information content (AvgIpc) is 3.21. The van der Waals surface area contributed by atoms with E-state index in [2.05, 4.69) is 46.0 Å². The molecule has 31 heavy (non-hydrogen) atoms. The highest BCUT2D eigenvalue weighted by molar-refractivity contribution is 5.56. The van der Waals surface area contributed by atoms with Crippen molar-refractivity contribution in [3.63, 3.8) is 0 Å². The fraction of sp³-hybridized carbons (Fsp3) is 0.565. The van der Waals surface area contributed by atoms with E-state index in [1.54, 1.807) is 4.90 Å². The van der Waals surface area contributed by atoms with Gasteiger partial charge in [0.1, 0.15) is 5.82 Å². The van der Waals surface area contributed by atoms with Crippen LogP contribution in [0, 0.1) is 17.4 Å². The van der Waals surface area contributed by atoms with Gasteiger partial charge in [0.25, 0.3) is 0 Å². The van der Waals surface area contributed by atoms with E-state index < -0.39 is 0 Å². The van der Waals surface area contributed by atoms with Gasteiger partial charge in [0.15, 0.2) is 6.19 Å². The van der Waals surface area contributed by atoms with Crippen molar-refractivity contribution in [1.29, 1.82) is 5.26 Å². The van der Waals surface area contributed by atoms with Gasteiger partial charge < -0.3 is 19.6 Å². The number of nitrogens with zero attached hydrogens (tertiary/aromatic N) is 8. The van der Waals surface area contributed by atoms with Gasteiger partial charge >= 0.3 is 0 Å². The summed E-state index contributed by atoms with van der Waals surface area (Å²) in [6.45, 7) is 6.08. The first-order valence-corrected chi connectivity index (χ1v) is 11.2. The van der Waals surface area contributed by atoms with Crippen molar-refractivity contribution >= 4 is 11.8 Å². The lowest BCUT2D eigenvalue weighted by molar-refractivity contribution is 0.213. The molecule has 0 amide bonds. The summed E-state index contributed by atoms with van der Waals surface area (Å²) in [5.41, 5.74) is 4.52. The minimum atomic E-state index is 0.567. The normalized spacial score (nSPS) is 20.9. The van der Waals surface area contributed by atoms with Gasteiger partial charge in [-0.1, -0.05) is 6.07 Å². The molecule has 8 heteroatoms. The number of nitriles is 1. The third-order valence-corrected chi connectivity index (χ3v) is 6.76. The number of hydrogen-bond donors (Lipinski definition) is 0. The minimum absolute atomic E-state index is 0.567. The topological polar surface area (TPSA) is 75.4 Å². The average molecular weight is 419 g/mol. The van der Waals surface area contributed by atoms with E-state index >= 15 is 0 Å². The third kappa shape index (κ3) is 4.02. The molecule has 0 bridgehead atoms. The lowest BCUT2D eigenvalue weighted by atomic mass is 9.98. The van der Waals surface area contributed by atoms with E-state index in [9.17, 15) is 5.26 Å². The van der Waals surface area contributed by atoms with Crippen LogP contribution in [-0.4, -0.2) is 65.0 Å². The molecule has 0 N–H and O–H groups in total. The summed E-state index contributed by atoms with van der Waals surface area (Å²) < 4.78 is 0. The molecule has 2 aromatic rings. The summed E-state index contributed by atoms with van der Waals surface area (Å²) in [4.78, 5) is 23.3. The molecule has 3 aliphatic heterocycles. The molecule has 8 nitrogen and oxygen atoms in total. The Labute approximate surface area is 184 Å². The number of aromatic nitrogens is 3. The van der Waals surface area contributed by atoms with E-state index in [0.29, 0.717) is 19.0 Å². The SMILES string of the molecule is CN1CCCC(CN(C)c2nc3c(c(N4CCc5cccnc5C4)n2)CN(C#N)C3)C1. The summed E-state index contributed by atoms with van der Waals surface area (Å²) in [5, 5.41) is 9.48. The Morgan fingerprint density at radius 2 is 2.10 bits per heavy atom. The molecule has 1 unspecified atom stereocenters. The second-order valence-corrected chi connectivity index (χ2v) is 9.16. The van der Waals surface area contributed by atoms with E-state index in [1.807, 2.05) is 12.3 Å². The van der Waals surface area contributed by atoms with Crippen molar-refractivity contribution in [2.45, 2.75) is 38.9 Å². The lowest BCUT2D eigenvalue weighted by Crippen LogP contribution is -2.39. The van der Waals surface area contributed by atoms with Crippen LogP contribution < -0.4 is 9.80 Å². The Hall–Kier alpha value is -2.92. The number of likely N-dealkylation sites (tertiary alicyclic amines) is 1. The predicted octanol–water partition coefficient (Wildman–Crippen LogP) is 2.01. The fourth-order valence-corrected chi connectivity index (χ4v) is 5.16. The highest BCUT2D eigenvalue weighted by Gasteiger charge is 2.30. The summed E-state index contributed by atoms with van der Waals surface area (Å²) in [6, 6.07) is 4.18. The minimum Gasteiger partial charge on any atom is -0.350 e. The molecule has 2 aromatic heterocycles. The molecule has 1 fully saturated rings. The van der Waals surface area contributed by atoms with Crippen LogP contribution in [0.4, 0.5) is 11.8 Å². The van der Waals surface area contributed by atoms with E-state index in [1.165, 1.54) is 24.9 Å². The molecule has 162 valence electrons. The van der Waals surface area contributed by atoms with Crippen LogP contribution in [-0.2, 0) is 26.1 Å². The van der Waals surface area contributed by atoms with Gasteiger partial charge in [-0.2, -0.15) is 10.2 Å². The van der Waals surface area contributed by atoms with Crippen LogP contribution in [0.3, 0.4) is 0 Å². The molecule has 5 heterocycles. The first-order chi connectivity index (χ1) is 15.1. The van der Waals surface area contributed by atoms with Gasteiger partial charge in [0.2, 0.25) is 5.95 Å². The van der Waals surface area contributed by atoms with E-state index in [4.69, 9.17) is 9.97 Å². The zero-order chi connectivity index (χ0) is 21.4. The number of pyridine rings is 1. The maximum absolute atomic E-state index is 9.48. The molecule has 0 radical (unpaired) electrons. The van der Waals surface area contributed by atoms with Crippen LogP contribution in [0.15, 0.2) is 18.3 Å². The Morgan fingerprint density at radius 3 is 2.94 bits per heavy atom. The van der Waals surface area contributed by atoms with Crippen molar-refractivity contribution in [1.82, 2.24) is 24.8 Å². The summed E-state index contributed by atoms with van der Waals surface area (Å²) >= 11 is 0. The molecular formula is C23H30N8. The van der Waals surface area contributed by atoms with Crippen molar-refractivity contribution in [3.05, 3.63) is 40.8 Å². The summed E-state index contributed by atoms with van der Waals surface area (Å²) in [5.74, 6) is 2.38. The monoisotopic (exact) mass is 418 g/mol. The Balaban J connectivity index is 1.44. The lowest BCUT2D eigenvalue weighted by Gasteiger charge is -2.33. The Morgan fingerprint density at radius 1 is 1.19 bits per heavy atom. The Bertz CT molecular complexity index is 1000. The van der Waals surface area contributed by atoms with E-state index in [-0.39, 0.29) is 0 Å². The van der Waals surface area contributed by atoms with Crippen LogP contribution in [0.5, 0.6) is 0 Å². The second-order valence-electron chi connectivity index (χ2n) is 9.16. The standard InChI is InChI=1S/C23H30N8/c1-28-9-4-5-17(11-28)12-29(2)23-26-21-14-30(16-24)13-19(21)22(27-23)31-10-7-18-6-3-8-25-20(18)15-31/h3,6,8,17H,4-5,7,9-15H2,1-2H3. The summed E-state index contributed by atoms with van der Waals surface area (Å²) in [6.07, 6.45) is 7.62. The van der Waals surface area contributed by atoms with Crippen molar-refractivity contribution in [2.75, 3.05) is 50.1 Å². The van der Waals surface area contributed by atoms with Crippen molar-refractivity contribution in [2.24, 2.45) is 5.92 Å². The molecular weight excluding hydrogens is 388 g/mol. The highest BCUT2D eigenvalue weighted by Crippen LogP contribution is 2.33. The van der Waals surface area contributed by atoms with Gasteiger partial charge in [-0.3, -0.25) is 4.98 Å². The Kier molecular flexibility index (Phi) is 5.36. The largest absolute Gasteiger partial charge is 0.350 e. The maximum atomic E-state index is 9.48. The van der Waals surface area contributed by atoms with Crippen LogP contribution in [0.2, 0.25) is 0 Å². The first kappa shape index (κ1) is 20.0. The van der Waals surface area contributed by atoms with Crippen LogP contribution in [0.1, 0.15) is 35.4 Å². The zero-order valence-electron chi connectivity index (χ0n) is 18.5. The maximum Gasteiger partial charge on any atom is 0.227 e. The highest BCUT2D eigenvalue weighted by atomic mass is 15.3. The third-order valence-electron chi connectivity index (χ3n) is 6.76. The molecule has 1 saturated heterocycles. The molecule has 1 atom stereocenters. The molecule has 5 rings (SSSR count). The number of hydrogen-bond acceptors (Lipinski definition) is 8. The van der Waals surface area contributed by atoms with Crippen molar-refractivity contribution in [3.8, 4) is 6.19 Å². The van der Waals surface area contributed by atoms with E-state index in [0.717, 1.165) is 61.3 Å². The quantitative estimate of drug-likeness (QED) is 0.698. The number of rotatable bonds is 4. The number of anilines is 2. The molecule has 0 aliphatic carbocycles. The van der Waals surface area contributed by atoms with Gasteiger partial charge in [-0.05, 0) is 50.4 Å². The molecule has 0 saturated carbocycles. The molecule has 0 spiro atoms. The van der Waals surface area contributed by atoms with Crippen molar-refractivity contribution < 1.29 is 0 Å². The van der Waals surface area contributed by atoms with Gasteiger partial charge in [0, 0.05) is 38.4 Å². The molecule has 0 aromatic carbocycles. The van der Waals surface area contributed by atoms with Crippen LogP contribution >= 0.6 is 0 Å². The smallest absolute Gasteiger partial charge is 0.227 e.